The molecular weight excluding hydrogens is 530 g/mol. The first-order valence-electron chi connectivity index (χ1n) is 12.5. The molecule has 5 rings (SSSR count). The van der Waals surface area contributed by atoms with Gasteiger partial charge in [-0.1, -0.05) is 61.2 Å². The van der Waals surface area contributed by atoms with Gasteiger partial charge in [-0.05, 0) is 72.9 Å². The summed E-state index contributed by atoms with van der Waals surface area (Å²) in [5, 5.41) is 0. The molecule has 1 amide bonds. The lowest BCUT2D eigenvalue weighted by molar-refractivity contribution is -0.122. The molecular formula is C30H27N3O4S2. The van der Waals surface area contributed by atoms with Gasteiger partial charge in [0.05, 0.1) is 12.0 Å². The van der Waals surface area contributed by atoms with Gasteiger partial charge in [0.15, 0.2) is 0 Å². The second kappa shape index (κ2) is 11.4. The summed E-state index contributed by atoms with van der Waals surface area (Å²) in [5.74, 6) is 1.23. The van der Waals surface area contributed by atoms with Crippen LogP contribution in [0.2, 0.25) is 0 Å². The Kier molecular flexibility index (Phi) is 7.81. The molecule has 1 saturated heterocycles. The van der Waals surface area contributed by atoms with Gasteiger partial charge in [0.25, 0.3) is 11.5 Å². The number of rotatable bonds is 8. The van der Waals surface area contributed by atoms with Crippen molar-refractivity contribution >= 4 is 45.9 Å². The lowest BCUT2D eigenvalue weighted by Crippen LogP contribution is -2.30. The number of benzene rings is 2. The van der Waals surface area contributed by atoms with Crippen molar-refractivity contribution < 1.29 is 14.3 Å². The number of thioether (sulfide) groups is 1. The number of aryl methyl sites for hydroxylation is 2. The molecule has 39 heavy (non-hydrogen) atoms. The maximum atomic E-state index is 13.6. The van der Waals surface area contributed by atoms with Crippen molar-refractivity contribution in [1.82, 2.24) is 14.3 Å². The first-order valence-corrected chi connectivity index (χ1v) is 13.8. The van der Waals surface area contributed by atoms with Gasteiger partial charge in [-0.25, -0.2) is 0 Å². The number of carbonyl (C=O) groups excluding carboxylic acids is 1. The molecule has 0 saturated carbocycles. The quantitative estimate of drug-likeness (QED) is 0.200. The van der Waals surface area contributed by atoms with Gasteiger partial charge in [0, 0.05) is 12.7 Å². The van der Waals surface area contributed by atoms with Crippen molar-refractivity contribution in [3.8, 4) is 17.4 Å². The van der Waals surface area contributed by atoms with Crippen molar-refractivity contribution in [2.45, 2.75) is 26.7 Å². The van der Waals surface area contributed by atoms with Crippen molar-refractivity contribution in [1.29, 1.82) is 0 Å². The van der Waals surface area contributed by atoms with E-state index in [-0.39, 0.29) is 22.9 Å². The van der Waals surface area contributed by atoms with Gasteiger partial charge in [0.2, 0.25) is 5.88 Å². The van der Waals surface area contributed by atoms with E-state index in [0.717, 1.165) is 23.3 Å². The lowest BCUT2D eigenvalue weighted by Gasteiger charge is -2.14. The van der Waals surface area contributed by atoms with Crippen LogP contribution in [0.3, 0.4) is 0 Å². The molecule has 3 heterocycles. The number of hydrogen-bond acceptors (Lipinski definition) is 7. The number of hydrogen-bond donors (Lipinski definition) is 0. The molecule has 198 valence electrons. The van der Waals surface area contributed by atoms with Crippen LogP contribution in [-0.2, 0) is 17.6 Å². The normalized spacial score (nSPS) is 14.4. The monoisotopic (exact) mass is 557 g/mol. The molecule has 0 bridgehead atoms. The van der Waals surface area contributed by atoms with E-state index >= 15 is 0 Å². The fourth-order valence-electron chi connectivity index (χ4n) is 4.26. The molecule has 7 nitrogen and oxygen atoms in total. The maximum Gasteiger partial charge on any atom is 0.269 e. The fraction of sp³-hybridized carbons (Fsp3) is 0.200. The summed E-state index contributed by atoms with van der Waals surface area (Å²) in [7, 11) is 1.62. The predicted molar refractivity (Wildman–Crippen MR) is 159 cm³/mol. The number of nitrogens with zero attached hydrogens (tertiary/aromatic N) is 3. The van der Waals surface area contributed by atoms with Crippen LogP contribution in [0.25, 0.3) is 11.7 Å². The second-order valence-electron chi connectivity index (χ2n) is 9.05. The number of fused-ring (bicyclic) bond motifs is 1. The smallest absolute Gasteiger partial charge is 0.269 e. The molecule has 0 N–H and O–H groups in total. The molecule has 1 aliphatic heterocycles. The lowest BCUT2D eigenvalue weighted by atomic mass is 10.1. The van der Waals surface area contributed by atoms with Gasteiger partial charge in [-0.15, -0.1) is 0 Å². The average molecular weight is 558 g/mol. The fourth-order valence-corrected chi connectivity index (χ4v) is 5.55. The van der Waals surface area contributed by atoms with E-state index in [4.69, 9.17) is 21.7 Å². The Labute approximate surface area is 236 Å². The third-order valence-corrected chi connectivity index (χ3v) is 7.91. The summed E-state index contributed by atoms with van der Waals surface area (Å²) < 4.78 is 13.3. The molecule has 2 aromatic carbocycles. The SMILES string of the molecule is CCc1ccc(Oc2nc3c(C)cccn3c(=O)c2/C=C2/SC(=S)N(CCc3ccc(OC)cc3)C2=O)cc1. The number of methoxy groups -OCH3 is 1. The number of pyridine rings is 1. The summed E-state index contributed by atoms with van der Waals surface area (Å²) in [6, 6.07) is 19.0. The molecule has 0 spiro atoms. The Morgan fingerprint density at radius 2 is 1.69 bits per heavy atom. The summed E-state index contributed by atoms with van der Waals surface area (Å²) >= 11 is 6.70. The molecule has 1 aliphatic rings. The minimum absolute atomic E-state index is 0.141. The molecule has 4 aromatic rings. The summed E-state index contributed by atoms with van der Waals surface area (Å²) in [6.07, 6.45) is 4.74. The molecule has 1 fully saturated rings. The Bertz CT molecular complexity index is 1640. The Morgan fingerprint density at radius 3 is 2.38 bits per heavy atom. The highest BCUT2D eigenvalue weighted by Gasteiger charge is 2.32. The van der Waals surface area contributed by atoms with E-state index in [1.165, 1.54) is 21.7 Å². The van der Waals surface area contributed by atoms with Crippen LogP contribution in [0.4, 0.5) is 0 Å². The van der Waals surface area contributed by atoms with Crippen molar-refractivity contribution in [2.75, 3.05) is 13.7 Å². The maximum absolute atomic E-state index is 13.6. The van der Waals surface area contributed by atoms with E-state index in [1.54, 1.807) is 30.3 Å². The van der Waals surface area contributed by atoms with E-state index in [1.807, 2.05) is 61.5 Å². The molecule has 9 heteroatoms. The van der Waals surface area contributed by atoms with Crippen molar-refractivity contribution in [3.63, 3.8) is 0 Å². The topological polar surface area (TPSA) is 73.1 Å². The first kappa shape index (κ1) is 26.6. The van der Waals surface area contributed by atoms with Crippen LogP contribution in [0.15, 0.2) is 76.6 Å². The zero-order valence-corrected chi connectivity index (χ0v) is 23.5. The molecule has 2 aromatic heterocycles. The summed E-state index contributed by atoms with van der Waals surface area (Å²) in [4.78, 5) is 33.6. The van der Waals surface area contributed by atoms with Crippen LogP contribution < -0.4 is 15.0 Å². The van der Waals surface area contributed by atoms with Crippen LogP contribution in [0, 0.1) is 6.92 Å². The van der Waals surface area contributed by atoms with Gasteiger partial charge >= 0.3 is 0 Å². The molecule has 0 unspecified atom stereocenters. The van der Waals surface area contributed by atoms with Crippen LogP contribution in [0.1, 0.15) is 29.2 Å². The first-order chi connectivity index (χ1) is 18.9. The predicted octanol–water partition coefficient (Wildman–Crippen LogP) is 5.81. The molecule has 0 atom stereocenters. The van der Waals surface area contributed by atoms with Gasteiger partial charge < -0.3 is 9.47 Å². The standard InChI is InChI=1S/C30H27N3O4S2/c1-4-20-7-13-23(14-8-20)37-27-24(28(34)32-16-5-6-19(2)26(32)31-27)18-25-29(35)33(30(38)39-25)17-15-21-9-11-22(36-3)12-10-21/h5-14,16,18H,4,15,17H2,1-3H3/b25-18+. The largest absolute Gasteiger partial charge is 0.497 e. The Hall–Kier alpha value is -3.95. The van der Waals surface area contributed by atoms with Crippen LogP contribution in [0.5, 0.6) is 17.4 Å². The van der Waals surface area contributed by atoms with Gasteiger partial charge in [0.1, 0.15) is 27.0 Å². The molecule has 0 radical (unpaired) electrons. The third kappa shape index (κ3) is 5.60. The average Bonchev–Trinajstić information content (AvgIpc) is 3.22. The summed E-state index contributed by atoms with van der Waals surface area (Å²) in [5.41, 5.74) is 3.42. The van der Waals surface area contributed by atoms with E-state index in [0.29, 0.717) is 33.6 Å². The van der Waals surface area contributed by atoms with E-state index in [2.05, 4.69) is 11.9 Å². The van der Waals surface area contributed by atoms with Gasteiger partial charge in [-0.3, -0.25) is 18.9 Å². The number of aromatic nitrogens is 2. The van der Waals surface area contributed by atoms with Crippen LogP contribution >= 0.6 is 24.0 Å². The minimum atomic E-state index is -0.327. The third-order valence-electron chi connectivity index (χ3n) is 6.53. The van der Waals surface area contributed by atoms with Crippen LogP contribution in [-0.4, -0.2) is 38.2 Å². The molecule has 0 aliphatic carbocycles. The Balaban J connectivity index is 1.48. The van der Waals surface area contributed by atoms with Gasteiger partial charge in [-0.2, -0.15) is 4.98 Å². The number of carbonyl (C=O) groups is 1. The summed E-state index contributed by atoms with van der Waals surface area (Å²) in [6.45, 7) is 4.39. The zero-order chi connectivity index (χ0) is 27.5. The number of thiocarbonyl (C=S) groups is 1. The number of amides is 1. The highest BCUT2D eigenvalue weighted by Crippen LogP contribution is 2.34. The van der Waals surface area contributed by atoms with Crippen molar-refractivity contribution in [3.05, 3.63) is 104 Å². The highest BCUT2D eigenvalue weighted by molar-refractivity contribution is 8.26. The van der Waals surface area contributed by atoms with E-state index < -0.39 is 0 Å². The van der Waals surface area contributed by atoms with E-state index in [9.17, 15) is 9.59 Å². The second-order valence-corrected chi connectivity index (χ2v) is 10.7. The highest BCUT2D eigenvalue weighted by atomic mass is 32.2. The number of ether oxygens (including phenoxy) is 2. The Morgan fingerprint density at radius 1 is 1.00 bits per heavy atom. The zero-order valence-electron chi connectivity index (χ0n) is 21.8. The van der Waals surface area contributed by atoms with Crippen molar-refractivity contribution in [2.24, 2.45) is 0 Å². The minimum Gasteiger partial charge on any atom is -0.497 e.